The topological polar surface area (TPSA) is 98.8 Å². The Bertz CT molecular complexity index is 1280. The largest absolute Gasteiger partial charge is 0.449 e. The highest BCUT2D eigenvalue weighted by molar-refractivity contribution is 5.97. The highest BCUT2D eigenvalue weighted by atomic mass is 16.5. The van der Waals surface area contributed by atoms with Crippen LogP contribution in [-0.2, 0) is 0 Å². The number of para-hydroxylation sites is 1. The molecule has 0 bridgehead atoms. The number of esters is 1. The molecule has 0 saturated carbocycles. The minimum atomic E-state index is -0.792. The molecule has 0 aliphatic rings. The van der Waals surface area contributed by atoms with Crippen LogP contribution in [0.1, 0.15) is 20.9 Å². The predicted molar refractivity (Wildman–Crippen MR) is 106 cm³/mol. The molecule has 1 amide bonds. The van der Waals surface area contributed by atoms with Gasteiger partial charge in [0.25, 0.3) is 5.91 Å². The van der Waals surface area contributed by atoms with Crippen LogP contribution in [0.3, 0.4) is 0 Å². The molecule has 2 aromatic heterocycles. The minimum Gasteiger partial charge on any atom is -0.449 e. The van der Waals surface area contributed by atoms with E-state index < -0.39 is 17.5 Å². The van der Waals surface area contributed by atoms with E-state index in [0.717, 1.165) is 5.39 Å². The summed E-state index contributed by atoms with van der Waals surface area (Å²) in [7, 11) is 0. The number of nitrogens with one attached hydrogen (secondary N) is 1. The van der Waals surface area contributed by atoms with Crippen molar-refractivity contribution in [2.45, 2.75) is 0 Å². The Hall–Kier alpha value is -4.13. The van der Waals surface area contributed by atoms with Gasteiger partial charge in [-0.1, -0.05) is 24.3 Å². The van der Waals surface area contributed by atoms with Crippen molar-refractivity contribution in [3.8, 4) is 5.75 Å². The van der Waals surface area contributed by atoms with Crippen LogP contribution in [0.25, 0.3) is 21.9 Å². The van der Waals surface area contributed by atoms with Crippen LogP contribution in [0, 0.1) is 0 Å². The molecular formula is C22H15NO6. The van der Waals surface area contributed by atoms with Crippen LogP contribution >= 0.6 is 0 Å². The van der Waals surface area contributed by atoms with E-state index in [9.17, 15) is 14.4 Å². The Balaban J connectivity index is 1.60. The van der Waals surface area contributed by atoms with E-state index in [0.29, 0.717) is 11.0 Å². The first-order valence-corrected chi connectivity index (χ1v) is 8.73. The van der Waals surface area contributed by atoms with Gasteiger partial charge in [0.05, 0.1) is 0 Å². The minimum absolute atomic E-state index is 0.0574. The van der Waals surface area contributed by atoms with Gasteiger partial charge in [0.1, 0.15) is 22.5 Å². The zero-order valence-electron chi connectivity index (χ0n) is 15.1. The first-order chi connectivity index (χ1) is 14.0. The maximum absolute atomic E-state index is 12.4. The predicted octanol–water partition coefficient (Wildman–Crippen LogP) is 3.67. The first kappa shape index (κ1) is 18.2. The van der Waals surface area contributed by atoms with Crippen LogP contribution in [0.4, 0.5) is 0 Å². The third kappa shape index (κ3) is 3.66. The molecule has 0 unspecified atom stereocenters. The monoisotopic (exact) mass is 389 g/mol. The van der Waals surface area contributed by atoms with Gasteiger partial charge < -0.3 is 18.9 Å². The van der Waals surface area contributed by atoms with E-state index in [4.69, 9.17) is 13.6 Å². The molecule has 2 aromatic carbocycles. The average molecular weight is 389 g/mol. The number of hydrogen-bond acceptors (Lipinski definition) is 6. The highest BCUT2D eigenvalue weighted by Gasteiger charge is 2.17. The lowest BCUT2D eigenvalue weighted by atomic mass is 10.1. The normalized spacial score (nSPS) is 10.8. The van der Waals surface area contributed by atoms with Gasteiger partial charge in [0.2, 0.25) is 5.76 Å². The molecule has 7 heteroatoms. The number of ether oxygens (including phenoxy) is 1. The molecule has 7 nitrogen and oxygen atoms in total. The Morgan fingerprint density at radius 3 is 2.59 bits per heavy atom. The van der Waals surface area contributed by atoms with Crippen molar-refractivity contribution < 1.29 is 23.2 Å². The van der Waals surface area contributed by atoms with Gasteiger partial charge in [-0.3, -0.25) is 4.79 Å². The summed E-state index contributed by atoms with van der Waals surface area (Å²) in [5, 5.41) is 3.82. The summed E-state index contributed by atoms with van der Waals surface area (Å²) < 4.78 is 16.0. The number of fused-ring (bicyclic) bond motifs is 2. The zero-order valence-corrected chi connectivity index (χ0v) is 15.1. The fourth-order valence-corrected chi connectivity index (χ4v) is 2.81. The zero-order chi connectivity index (χ0) is 20.4. The molecule has 0 aliphatic heterocycles. The maximum atomic E-state index is 12.4. The van der Waals surface area contributed by atoms with Crippen molar-refractivity contribution in [2.75, 3.05) is 6.54 Å². The van der Waals surface area contributed by atoms with Crippen molar-refractivity contribution in [3.63, 3.8) is 0 Å². The molecule has 4 rings (SSSR count). The van der Waals surface area contributed by atoms with Crippen LogP contribution in [0.15, 0.2) is 80.9 Å². The second-order valence-corrected chi connectivity index (χ2v) is 6.18. The summed E-state index contributed by atoms with van der Waals surface area (Å²) in [4.78, 5) is 36.5. The number of benzene rings is 2. The van der Waals surface area contributed by atoms with Crippen LogP contribution in [-0.4, -0.2) is 18.4 Å². The third-order valence-corrected chi connectivity index (χ3v) is 4.20. The standard InChI is InChI=1S/C22H15NO6/c1-2-9-23-20(24)16-10-14-7-8-15(12-18(14)29-21(16)25)27-22(26)19-11-13-5-3-4-6-17(13)28-19/h2-8,10-12H,1,9H2,(H,23,24). The van der Waals surface area contributed by atoms with E-state index in [1.54, 1.807) is 24.3 Å². The number of amides is 1. The smallest absolute Gasteiger partial charge is 0.379 e. The summed E-state index contributed by atoms with van der Waals surface area (Å²) in [6, 6.07) is 14.8. The van der Waals surface area contributed by atoms with Gasteiger partial charge in [-0.15, -0.1) is 6.58 Å². The first-order valence-electron chi connectivity index (χ1n) is 8.73. The van der Waals surface area contributed by atoms with E-state index in [1.165, 1.54) is 24.3 Å². The number of hydrogen-bond donors (Lipinski definition) is 1. The molecule has 0 fully saturated rings. The van der Waals surface area contributed by atoms with Crippen molar-refractivity contribution in [3.05, 3.63) is 89.0 Å². The fraction of sp³-hybridized carbons (Fsp3) is 0.0455. The van der Waals surface area contributed by atoms with Crippen molar-refractivity contribution >= 4 is 33.8 Å². The lowest BCUT2D eigenvalue weighted by molar-refractivity contribution is 0.0704. The Morgan fingerprint density at radius 2 is 1.79 bits per heavy atom. The van der Waals surface area contributed by atoms with Crippen molar-refractivity contribution in [1.29, 1.82) is 0 Å². The molecule has 29 heavy (non-hydrogen) atoms. The van der Waals surface area contributed by atoms with E-state index in [1.807, 2.05) is 12.1 Å². The molecule has 0 saturated heterocycles. The summed E-state index contributed by atoms with van der Waals surface area (Å²) in [5.74, 6) is -0.999. The molecule has 2 heterocycles. The quantitative estimate of drug-likeness (QED) is 0.242. The number of rotatable bonds is 5. The molecule has 4 aromatic rings. The second kappa shape index (κ2) is 7.47. The third-order valence-electron chi connectivity index (χ3n) is 4.20. The van der Waals surface area contributed by atoms with Gasteiger partial charge in [0.15, 0.2) is 0 Å². The highest BCUT2D eigenvalue weighted by Crippen LogP contribution is 2.23. The van der Waals surface area contributed by atoms with Crippen LogP contribution in [0.2, 0.25) is 0 Å². The lowest BCUT2D eigenvalue weighted by Crippen LogP contribution is -2.28. The summed E-state index contributed by atoms with van der Waals surface area (Å²) in [6.45, 7) is 3.73. The Morgan fingerprint density at radius 1 is 1.00 bits per heavy atom. The summed E-state index contributed by atoms with van der Waals surface area (Å²) in [6.07, 6.45) is 1.50. The average Bonchev–Trinajstić information content (AvgIpc) is 3.16. The Labute approximate surface area is 164 Å². The fourth-order valence-electron chi connectivity index (χ4n) is 2.81. The van der Waals surface area contributed by atoms with Crippen molar-refractivity contribution in [2.24, 2.45) is 0 Å². The molecule has 0 aliphatic carbocycles. The molecule has 1 N–H and O–H groups in total. The van der Waals surface area contributed by atoms with E-state index in [2.05, 4.69) is 11.9 Å². The second-order valence-electron chi connectivity index (χ2n) is 6.18. The molecule has 0 radical (unpaired) electrons. The maximum Gasteiger partial charge on any atom is 0.379 e. The van der Waals surface area contributed by atoms with Gasteiger partial charge in [-0.25, -0.2) is 9.59 Å². The van der Waals surface area contributed by atoms with Crippen LogP contribution in [0.5, 0.6) is 5.75 Å². The number of furan rings is 1. The molecule has 144 valence electrons. The molecule has 0 atom stereocenters. The SMILES string of the molecule is C=CCNC(=O)c1cc2ccc(OC(=O)c3cc4ccccc4o3)cc2oc1=O. The number of carbonyl (C=O) groups excluding carboxylic acids is 2. The lowest BCUT2D eigenvalue weighted by Gasteiger charge is -2.05. The van der Waals surface area contributed by atoms with Crippen LogP contribution < -0.4 is 15.7 Å². The number of carbonyl (C=O) groups is 2. The van der Waals surface area contributed by atoms with Gasteiger partial charge >= 0.3 is 11.6 Å². The summed E-state index contributed by atoms with van der Waals surface area (Å²) >= 11 is 0. The van der Waals surface area contributed by atoms with E-state index in [-0.39, 0.29) is 29.2 Å². The van der Waals surface area contributed by atoms with Gasteiger partial charge in [0, 0.05) is 23.4 Å². The summed E-state index contributed by atoms with van der Waals surface area (Å²) in [5.41, 5.74) is -0.150. The van der Waals surface area contributed by atoms with E-state index >= 15 is 0 Å². The van der Waals surface area contributed by atoms with Gasteiger partial charge in [-0.2, -0.15) is 0 Å². The van der Waals surface area contributed by atoms with Gasteiger partial charge in [-0.05, 0) is 30.3 Å². The Kier molecular flexibility index (Phi) is 4.70. The molecular weight excluding hydrogens is 374 g/mol. The van der Waals surface area contributed by atoms with Crippen molar-refractivity contribution in [1.82, 2.24) is 5.32 Å². The molecule has 0 spiro atoms.